The van der Waals surface area contributed by atoms with Crippen LogP contribution in [0.25, 0.3) is 0 Å². The third-order valence-electron chi connectivity index (χ3n) is 6.84. The number of hydrogen-bond acceptors (Lipinski definition) is 6. The molecular formula is C29H31F3N4O5. The van der Waals surface area contributed by atoms with Crippen LogP contribution in [0.15, 0.2) is 65.9 Å². The van der Waals surface area contributed by atoms with Gasteiger partial charge in [-0.15, -0.1) is 0 Å². The van der Waals surface area contributed by atoms with Crippen molar-refractivity contribution < 1.29 is 37.0 Å². The van der Waals surface area contributed by atoms with Gasteiger partial charge < -0.3 is 23.7 Å². The SMILES string of the molecule is COCCN(CC(=O)N1N=C(c2cccn2C)C[C@@H]1c1cc(OC)ccc1OC)C(=O)c1ccc(C(F)(F)F)cc1. The molecule has 2 aromatic carbocycles. The monoisotopic (exact) mass is 572 g/mol. The zero-order valence-electron chi connectivity index (χ0n) is 23.1. The second kappa shape index (κ2) is 12.5. The molecule has 218 valence electrons. The molecule has 1 aliphatic rings. The van der Waals surface area contributed by atoms with Crippen molar-refractivity contribution in [3.8, 4) is 11.5 Å². The van der Waals surface area contributed by atoms with Crippen LogP contribution in [-0.2, 0) is 22.8 Å². The third-order valence-corrected chi connectivity index (χ3v) is 6.84. The molecule has 0 aliphatic carbocycles. The van der Waals surface area contributed by atoms with E-state index in [1.165, 1.54) is 31.2 Å². The Bertz CT molecular complexity index is 1420. The first kappa shape index (κ1) is 29.7. The second-order valence-corrected chi connectivity index (χ2v) is 9.41. The highest BCUT2D eigenvalue weighted by Crippen LogP contribution is 2.39. The fraction of sp³-hybridized carbons (Fsp3) is 0.345. The number of aromatic nitrogens is 1. The van der Waals surface area contributed by atoms with Gasteiger partial charge in [-0.2, -0.15) is 18.3 Å². The summed E-state index contributed by atoms with van der Waals surface area (Å²) in [6, 6.07) is 12.4. The molecule has 9 nitrogen and oxygen atoms in total. The van der Waals surface area contributed by atoms with Crippen LogP contribution >= 0.6 is 0 Å². The van der Waals surface area contributed by atoms with Crippen molar-refractivity contribution in [2.24, 2.45) is 12.1 Å². The highest BCUT2D eigenvalue weighted by molar-refractivity contribution is 6.03. The van der Waals surface area contributed by atoms with E-state index in [0.717, 1.165) is 30.0 Å². The van der Waals surface area contributed by atoms with Crippen LogP contribution in [0.3, 0.4) is 0 Å². The molecule has 3 aromatic rings. The molecular weight excluding hydrogens is 541 g/mol. The average Bonchev–Trinajstić information content (AvgIpc) is 3.60. The van der Waals surface area contributed by atoms with Crippen LogP contribution in [0.4, 0.5) is 13.2 Å². The molecule has 1 aliphatic heterocycles. The van der Waals surface area contributed by atoms with Crippen LogP contribution in [-0.4, -0.2) is 73.0 Å². The van der Waals surface area contributed by atoms with E-state index in [0.29, 0.717) is 29.2 Å². The van der Waals surface area contributed by atoms with E-state index < -0.39 is 29.6 Å². The third kappa shape index (κ3) is 6.54. The molecule has 0 saturated carbocycles. The minimum atomic E-state index is -4.53. The lowest BCUT2D eigenvalue weighted by Gasteiger charge is -2.28. The summed E-state index contributed by atoms with van der Waals surface area (Å²) >= 11 is 0. The van der Waals surface area contributed by atoms with Gasteiger partial charge in [0.25, 0.3) is 11.8 Å². The van der Waals surface area contributed by atoms with Crippen molar-refractivity contribution in [1.29, 1.82) is 0 Å². The van der Waals surface area contributed by atoms with Gasteiger partial charge in [0.15, 0.2) is 0 Å². The van der Waals surface area contributed by atoms with Gasteiger partial charge in [0.2, 0.25) is 0 Å². The van der Waals surface area contributed by atoms with Gasteiger partial charge in [-0.05, 0) is 54.6 Å². The Labute approximate surface area is 235 Å². The summed E-state index contributed by atoms with van der Waals surface area (Å²) in [6.45, 7) is -0.224. The van der Waals surface area contributed by atoms with Crippen molar-refractivity contribution in [3.05, 3.63) is 83.2 Å². The number of ether oxygens (including phenoxy) is 3. The summed E-state index contributed by atoms with van der Waals surface area (Å²) in [5.41, 5.74) is 1.30. The van der Waals surface area contributed by atoms with E-state index >= 15 is 0 Å². The van der Waals surface area contributed by atoms with E-state index in [1.807, 2.05) is 29.9 Å². The van der Waals surface area contributed by atoms with Gasteiger partial charge in [0, 0.05) is 44.4 Å². The van der Waals surface area contributed by atoms with E-state index in [2.05, 4.69) is 5.10 Å². The number of hydrazone groups is 1. The van der Waals surface area contributed by atoms with Crippen molar-refractivity contribution in [2.45, 2.75) is 18.6 Å². The summed E-state index contributed by atoms with van der Waals surface area (Å²) in [5.74, 6) is 0.0136. The average molecular weight is 573 g/mol. The summed E-state index contributed by atoms with van der Waals surface area (Å²) < 4.78 is 57.1. The lowest BCUT2D eigenvalue weighted by Crippen LogP contribution is -2.42. The number of halogens is 3. The van der Waals surface area contributed by atoms with Gasteiger partial charge in [0.05, 0.1) is 43.8 Å². The number of alkyl halides is 3. The number of amides is 2. The largest absolute Gasteiger partial charge is 0.497 e. The Morgan fingerprint density at radius 3 is 2.37 bits per heavy atom. The quantitative estimate of drug-likeness (QED) is 0.357. The fourth-order valence-electron chi connectivity index (χ4n) is 4.67. The first-order valence-corrected chi connectivity index (χ1v) is 12.8. The predicted molar refractivity (Wildman–Crippen MR) is 145 cm³/mol. The maximum atomic E-state index is 13.8. The number of hydrogen-bond donors (Lipinski definition) is 0. The standard InChI is InChI=1S/C29H31F3N4O5/c1-34-13-5-6-24(34)23-17-25(22-16-21(40-3)11-12-26(22)41-4)36(33-23)27(37)18-35(14-15-39-2)28(38)19-7-9-20(10-8-19)29(30,31)32/h5-13,16,25H,14-15,17-18H2,1-4H3/t25-/m1/s1. The zero-order chi connectivity index (χ0) is 29.7. The number of rotatable bonds is 10. The summed E-state index contributed by atoms with van der Waals surface area (Å²) in [6.07, 6.45) is -2.29. The number of methoxy groups -OCH3 is 3. The summed E-state index contributed by atoms with van der Waals surface area (Å²) in [5, 5.41) is 6.01. The van der Waals surface area contributed by atoms with Crippen molar-refractivity contribution in [1.82, 2.24) is 14.5 Å². The molecule has 2 amide bonds. The van der Waals surface area contributed by atoms with E-state index in [9.17, 15) is 22.8 Å². The molecule has 41 heavy (non-hydrogen) atoms. The molecule has 0 unspecified atom stereocenters. The van der Waals surface area contributed by atoms with Gasteiger partial charge in [0.1, 0.15) is 18.0 Å². The van der Waals surface area contributed by atoms with Gasteiger partial charge in [-0.25, -0.2) is 5.01 Å². The number of nitrogens with zero attached hydrogens (tertiary/aromatic N) is 4. The molecule has 4 rings (SSSR count). The highest BCUT2D eigenvalue weighted by atomic mass is 19.4. The smallest absolute Gasteiger partial charge is 0.416 e. The Morgan fingerprint density at radius 2 is 1.78 bits per heavy atom. The summed E-state index contributed by atoms with van der Waals surface area (Å²) in [7, 11) is 6.39. The van der Waals surface area contributed by atoms with Crippen LogP contribution in [0.5, 0.6) is 11.5 Å². The first-order valence-electron chi connectivity index (χ1n) is 12.8. The molecule has 0 radical (unpaired) electrons. The molecule has 0 saturated heterocycles. The fourth-order valence-corrected chi connectivity index (χ4v) is 4.67. The van der Waals surface area contributed by atoms with E-state index in [-0.39, 0.29) is 25.3 Å². The van der Waals surface area contributed by atoms with Crippen LogP contribution in [0.1, 0.15) is 39.6 Å². The van der Waals surface area contributed by atoms with Gasteiger partial charge >= 0.3 is 6.18 Å². The van der Waals surface area contributed by atoms with Crippen molar-refractivity contribution in [2.75, 3.05) is 41.0 Å². The van der Waals surface area contributed by atoms with E-state index in [1.54, 1.807) is 18.2 Å². The topological polar surface area (TPSA) is 85.6 Å². The zero-order valence-corrected chi connectivity index (χ0v) is 23.1. The lowest BCUT2D eigenvalue weighted by molar-refractivity contribution is -0.137. The minimum absolute atomic E-state index is 0.0161. The minimum Gasteiger partial charge on any atom is -0.497 e. The summed E-state index contributed by atoms with van der Waals surface area (Å²) in [4.78, 5) is 28.4. The predicted octanol–water partition coefficient (Wildman–Crippen LogP) is 4.53. The van der Waals surface area contributed by atoms with Crippen LogP contribution < -0.4 is 9.47 Å². The molecule has 1 atom stereocenters. The van der Waals surface area contributed by atoms with Gasteiger partial charge in [-0.3, -0.25) is 9.59 Å². The molecule has 0 spiro atoms. The number of aryl methyl sites for hydroxylation is 1. The maximum Gasteiger partial charge on any atom is 0.416 e. The van der Waals surface area contributed by atoms with Crippen LogP contribution in [0, 0.1) is 0 Å². The Hall–Kier alpha value is -4.32. The molecule has 0 fully saturated rings. The molecule has 12 heteroatoms. The van der Waals surface area contributed by atoms with Crippen LogP contribution in [0.2, 0.25) is 0 Å². The number of benzene rings is 2. The second-order valence-electron chi connectivity index (χ2n) is 9.41. The Balaban J connectivity index is 1.67. The van der Waals surface area contributed by atoms with Crippen molar-refractivity contribution in [3.63, 3.8) is 0 Å². The molecule has 0 N–H and O–H groups in total. The molecule has 2 heterocycles. The van der Waals surface area contributed by atoms with Crippen molar-refractivity contribution >= 4 is 17.5 Å². The number of carbonyl (C=O) groups is 2. The Kier molecular flexibility index (Phi) is 9.01. The maximum absolute atomic E-state index is 13.8. The molecule has 0 bridgehead atoms. The first-order chi connectivity index (χ1) is 19.6. The Morgan fingerprint density at radius 1 is 1.05 bits per heavy atom. The van der Waals surface area contributed by atoms with E-state index in [4.69, 9.17) is 14.2 Å². The lowest BCUT2D eigenvalue weighted by atomic mass is 9.99. The van der Waals surface area contributed by atoms with Gasteiger partial charge in [-0.1, -0.05) is 0 Å². The highest BCUT2D eigenvalue weighted by Gasteiger charge is 2.37. The normalized spacial score (nSPS) is 15.0. The number of carbonyl (C=O) groups excluding carboxylic acids is 2. The molecule has 1 aromatic heterocycles.